The Bertz CT molecular complexity index is 1280. The van der Waals surface area contributed by atoms with E-state index in [1.54, 1.807) is 18.6 Å². The van der Waals surface area contributed by atoms with Crippen molar-refractivity contribution in [1.82, 2.24) is 24.3 Å². The van der Waals surface area contributed by atoms with Crippen molar-refractivity contribution in [3.8, 4) is 0 Å². The van der Waals surface area contributed by atoms with Crippen LogP contribution in [-0.2, 0) is 6.42 Å². The Kier molecular flexibility index (Phi) is 3.83. The predicted molar refractivity (Wildman–Crippen MR) is 107 cm³/mol. The Morgan fingerprint density at radius 1 is 1.04 bits per heavy atom. The first-order chi connectivity index (χ1) is 13.3. The Hall–Kier alpha value is -3.25. The van der Waals surface area contributed by atoms with Crippen LogP contribution in [0.3, 0.4) is 0 Å². The van der Waals surface area contributed by atoms with Crippen LogP contribution in [0.4, 0.5) is 5.69 Å². The van der Waals surface area contributed by atoms with Gasteiger partial charge >= 0.3 is 0 Å². The van der Waals surface area contributed by atoms with E-state index < -0.39 is 0 Å². The van der Waals surface area contributed by atoms with Crippen molar-refractivity contribution < 1.29 is 0 Å². The number of aromatic nitrogens is 5. The van der Waals surface area contributed by atoms with Gasteiger partial charge in [-0.05, 0) is 30.2 Å². The summed E-state index contributed by atoms with van der Waals surface area (Å²) in [6.45, 7) is 0.746. The van der Waals surface area contributed by atoms with Crippen LogP contribution in [0.2, 0.25) is 5.02 Å². The average Bonchev–Trinajstić information content (AvgIpc) is 3.06. The molecule has 0 amide bonds. The van der Waals surface area contributed by atoms with Gasteiger partial charge in [-0.1, -0.05) is 23.7 Å². The summed E-state index contributed by atoms with van der Waals surface area (Å²) in [5, 5.41) is 5.24. The molecule has 4 heterocycles. The first-order valence-electron chi connectivity index (χ1n) is 8.63. The number of benzene rings is 1. The minimum absolute atomic E-state index is 0.746. The second-order valence-electron chi connectivity index (χ2n) is 6.27. The van der Waals surface area contributed by atoms with Crippen molar-refractivity contribution in [2.24, 2.45) is 0 Å². The van der Waals surface area contributed by atoms with Crippen LogP contribution in [0.1, 0.15) is 5.56 Å². The fourth-order valence-electron chi connectivity index (χ4n) is 3.29. The van der Waals surface area contributed by atoms with Gasteiger partial charge in [0.15, 0.2) is 11.3 Å². The zero-order chi connectivity index (χ0) is 18.2. The first kappa shape index (κ1) is 16.0. The number of fused-ring (bicyclic) bond motifs is 4. The predicted octanol–water partition coefficient (Wildman–Crippen LogP) is 4.13. The number of imidazole rings is 1. The quantitative estimate of drug-likeness (QED) is 0.512. The Labute approximate surface area is 159 Å². The minimum atomic E-state index is 0.746. The summed E-state index contributed by atoms with van der Waals surface area (Å²) >= 11 is 6.09. The largest absolute Gasteiger partial charge is 0.382 e. The summed E-state index contributed by atoms with van der Waals surface area (Å²) < 4.78 is 1.95. The van der Waals surface area contributed by atoms with Crippen LogP contribution in [0.15, 0.2) is 61.3 Å². The first-order valence-corrected chi connectivity index (χ1v) is 9.01. The van der Waals surface area contributed by atoms with E-state index in [1.807, 2.05) is 41.1 Å². The standard InChI is InChI=1S/C20H15ClN6/c21-14-3-1-2-13(10-14)4-7-24-18-15-11-22-6-5-16(15)25-20-19(18)26-17-12-23-8-9-27(17)20/h1-3,5-6,8-12H,4,7H2,(H,24,25). The minimum Gasteiger partial charge on any atom is -0.382 e. The van der Waals surface area contributed by atoms with Crippen molar-refractivity contribution in [3.63, 3.8) is 0 Å². The van der Waals surface area contributed by atoms with Crippen molar-refractivity contribution in [2.45, 2.75) is 6.42 Å². The Morgan fingerprint density at radius 3 is 2.89 bits per heavy atom. The van der Waals surface area contributed by atoms with E-state index in [0.717, 1.165) is 51.4 Å². The van der Waals surface area contributed by atoms with Gasteiger partial charge in [-0.25, -0.2) is 9.97 Å². The second kappa shape index (κ2) is 6.48. The molecule has 7 heteroatoms. The third-order valence-electron chi connectivity index (χ3n) is 4.54. The maximum Gasteiger partial charge on any atom is 0.167 e. The van der Waals surface area contributed by atoms with Crippen LogP contribution in [0.5, 0.6) is 0 Å². The van der Waals surface area contributed by atoms with E-state index in [2.05, 4.69) is 21.4 Å². The number of hydrogen-bond acceptors (Lipinski definition) is 5. The molecule has 0 bridgehead atoms. The van der Waals surface area contributed by atoms with Crippen LogP contribution < -0.4 is 5.32 Å². The van der Waals surface area contributed by atoms with Crippen LogP contribution >= 0.6 is 11.6 Å². The van der Waals surface area contributed by atoms with E-state index in [1.165, 1.54) is 5.56 Å². The average molecular weight is 375 g/mol. The van der Waals surface area contributed by atoms with E-state index in [-0.39, 0.29) is 0 Å². The number of nitrogens with one attached hydrogen (secondary N) is 1. The highest BCUT2D eigenvalue weighted by Gasteiger charge is 2.14. The molecule has 4 aromatic heterocycles. The van der Waals surface area contributed by atoms with E-state index in [0.29, 0.717) is 0 Å². The lowest BCUT2D eigenvalue weighted by molar-refractivity contribution is 1.02. The number of pyridine rings is 2. The highest BCUT2D eigenvalue weighted by atomic mass is 35.5. The topological polar surface area (TPSA) is 68.0 Å². The SMILES string of the molecule is Clc1cccc(CCNc2c3cnccc3nc3c2nc2cnccn23)c1. The molecule has 5 aromatic rings. The molecule has 6 nitrogen and oxygen atoms in total. The molecule has 27 heavy (non-hydrogen) atoms. The molecule has 0 saturated heterocycles. The summed E-state index contributed by atoms with van der Waals surface area (Å²) in [4.78, 5) is 17.9. The van der Waals surface area contributed by atoms with Crippen molar-refractivity contribution >= 4 is 45.0 Å². The fourth-order valence-corrected chi connectivity index (χ4v) is 3.50. The Morgan fingerprint density at radius 2 is 1.96 bits per heavy atom. The number of anilines is 1. The van der Waals surface area contributed by atoms with Crippen LogP contribution in [0, 0.1) is 0 Å². The molecule has 1 aromatic carbocycles. The van der Waals surface area contributed by atoms with Gasteiger partial charge in [0.05, 0.1) is 17.4 Å². The highest BCUT2D eigenvalue weighted by Crippen LogP contribution is 2.30. The van der Waals surface area contributed by atoms with Crippen molar-refractivity contribution in [1.29, 1.82) is 0 Å². The molecule has 132 valence electrons. The monoisotopic (exact) mass is 374 g/mol. The molecule has 0 aliphatic heterocycles. The lowest BCUT2D eigenvalue weighted by Gasteiger charge is -2.10. The summed E-state index contributed by atoms with van der Waals surface area (Å²) in [6.07, 6.45) is 9.77. The van der Waals surface area contributed by atoms with Crippen molar-refractivity contribution in [2.75, 3.05) is 11.9 Å². The molecule has 0 fully saturated rings. The zero-order valence-corrected chi connectivity index (χ0v) is 15.1. The third-order valence-corrected chi connectivity index (χ3v) is 4.78. The molecule has 5 rings (SSSR count). The smallest absolute Gasteiger partial charge is 0.167 e. The summed E-state index contributed by atoms with van der Waals surface area (Å²) in [7, 11) is 0. The highest BCUT2D eigenvalue weighted by molar-refractivity contribution is 6.30. The number of nitrogens with zero attached hydrogens (tertiary/aromatic N) is 5. The molecule has 0 unspecified atom stereocenters. The van der Waals surface area contributed by atoms with Gasteiger partial charge in [0.1, 0.15) is 5.52 Å². The van der Waals surface area contributed by atoms with Gasteiger partial charge in [-0.2, -0.15) is 0 Å². The number of rotatable bonds is 4. The molecule has 0 spiro atoms. The summed E-state index contributed by atoms with van der Waals surface area (Å²) in [6, 6.07) is 9.83. The maximum absolute atomic E-state index is 6.09. The van der Waals surface area contributed by atoms with Gasteiger partial charge in [-0.15, -0.1) is 0 Å². The molecular formula is C20H15ClN6. The lowest BCUT2D eigenvalue weighted by Crippen LogP contribution is -2.06. The fraction of sp³-hybridized carbons (Fsp3) is 0.100. The zero-order valence-electron chi connectivity index (χ0n) is 14.3. The van der Waals surface area contributed by atoms with Crippen molar-refractivity contribution in [3.05, 3.63) is 71.9 Å². The van der Waals surface area contributed by atoms with E-state index >= 15 is 0 Å². The number of halogens is 1. The van der Waals surface area contributed by atoms with Gasteiger partial charge in [0, 0.05) is 41.7 Å². The third kappa shape index (κ3) is 2.84. The van der Waals surface area contributed by atoms with Gasteiger partial charge in [0.25, 0.3) is 0 Å². The molecule has 0 radical (unpaired) electrons. The molecule has 0 atom stereocenters. The summed E-state index contributed by atoms with van der Waals surface area (Å²) in [5.74, 6) is 0. The van der Waals surface area contributed by atoms with Crippen LogP contribution in [0.25, 0.3) is 27.7 Å². The summed E-state index contributed by atoms with van der Waals surface area (Å²) in [5.41, 5.74) is 5.38. The van der Waals surface area contributed by atoms with E-state index in [4.69, 9.17) is 21.6 Å². The lowest BCUT2D eigenvalue weighted by atomic mass is 10.1. The Balaban J connectivity index is 1.60. The van der Waals surface area contributed by atoms with E-state index in [9.17, 15) is 0 Å². The molecular weight excluding hydrogens is 360 g/mol. The maximum atomic E-state index is 6.09. The normalized spacial score (nSPS) is 11.4. The molecule has 1 N–H and O–H groups in total. The van der Waals surface area contributed by atoms with Gasteiger partial charge in [0.2, 0.25) is 0 Å². The van der Waals surface area contributed by atoms with Crippen LogP contribution in [-0.4, -0.2) is 30.9 Å². The van der Waals surface area contributed by atoms with Gasteiger partial charge < -0.3 is 5.32 Å². The molecule has 0 aliphatic rings. The second-order valence-corrected chi connectivity index (χ2v) is 6.71. The molecule has 0 aliphatic carbocycles. The molecule has 0 saturated carbocycles. The number of hydrogen-bond donors (Lipinski definition) is 1. The van der Waals surface area contributed by atoms with Gasteiger partial charge in [-0.3, -0.25) is 14.4 Å².